The summed E-state index contributed by atoms with van der Waals surface area (Å²) in [4.78, 5) is 7.19. The number of benzene rings is 1. The first-order valence-electron chi connectivity index (χ1n) is 9.29. The first-order valence-corrected chi connectivity index (χ1v) is 10.2. The summed E-state index contributed by atoms with van der Waals surface area (Å²) in [6.45, 7) is 6.75. The number of likely N-dealkylation sites (tertiary alicyclic amines) is 1. The van der Waals surface area contributed by atoms with Crippen LogP contribution in [-0.4, -0.2) is 41.6 Å². The molecule has 0 unspecified atom stereocenters. The number of nitrogens with zero attached hydrogens (tertiary/aromatic N) is 2. The van der Waals surface area contributed by atoms with Crippen LogP contribution >= 0.6 is 35.3 Å². The summed E-state index contributed by atoms with van der Waals surface area (Å²) in [5.74, 6) is 1.14. The standard InChI is InChI=1S/C20H28N4OS.HI/c1-2-21-20(22-13-16-4-3-5-19(25)12-16)23-18-6-9-24(10-7-18)14-17-8-11-26-15-17;/h3-5,8,11-12,15,18,25H,2,6-7,9-10,13-14H2,1H3,(H2,21,22,23);1H. The van der Waals surface area contributed by atoms with Crippen molar-refractivity contribution in [3.8, 4) is 5.75 Å². The highest BCUT2D eigenvalue weighted by atomic mass is 127. The summed E-state index contributed by atoms with van der Waals surface area (Å²) in [6, 6.07) is 9.94. The first kappa shape index (κ1) is 22.0. The van der Waals surface area contributed by atoms with Crippen molar-refractivity contribution in [1.82, 2.24) is 15.5 Å². The van der Waals surface area contributed by atoms with Gasteiger partial charge < -0.3 is 15.7 Å². The van der Waals surface area contributed by atoms with E-state index in [4.69, 9.17) is 0 Å². The largest absolute Gasteiger partial charge is 0.508 e. The van der Waals surface area contributed by atoms with E-state index in [2.05, 4.69) is 44.3 Å². The summed E-state index contributed by atoms with van der Waals surface area (Å²) in [7, 11) is 0. The van der Waals surface area contributed by atoms with Crippen molar-refractivity contribution in [2.75, 3.05) is 19.6 Å². The minimum absolute atomic E-state index is 0. The minimum Gasteiger partial charge on any atom is -0.508 e. The fraction of sp³-hybridized carbons (Fsp3) is 0.450. The van der Waals surface area contributed by atoms with Crippen molar-refractivity contribution >= 4 is 41.3 Å². The van der Waals surface area contributed by atoms with Crippen LogP contribution in [0.2, 0.25) is 0 Å². The van der Waals surface area contributed by atoms with Gasteiger partial charge in [-0.3, -0.25) is 4.90 Å². The number of piperidine rings is 1. The lowest BCUT2D eigenvalue weighted by molar-refractivity contribution is 0.198. The van der Waals surface area contributed by atoms with Crippen LogP contribution in [0, 0.1) is 0 Å². The maximum Gasteiger partial charge on any atom is 0.191 e. The molecule has 5 nitrogen and oxygen atoms in total. The zero-order valence-electron chi connectivity index (χ0n) is 15.7. The third-order valence-corrected chi connectivity index (χ3v) is 5.32. The Hall–Kier alpha value is -1.32. The molecule has 0 aliphatic carbocycles. The lowest BCUT2D eigenvalue weighted by Gasteiger charge is -2.33. The molecule has 27 heavy (non-hydrogen) atoms. The Morgan fingerprint density at radius 3 is 2.74 bits per heavy atom. The number of hydrogen-bond donors (Lipinski definition) is 3. The van der Waals surface area contributed by atoms with Crippen molar-refractivity contribution in [2.24, 2.45) is 4.99 Å². The highest BCUT2D eigenvalue weighted by Crippen LogP contribution is 2.16. The van der Waals surface area contributed by atoms with E-state index in [9.17, 15) is 5.11 Å². The molecule has 0 spiro atoms. The molecular formula is C20H29IN4OS. The lowest BCUT2D eigenvalue weighted by Crippen LogP contribution is -2.48. The number of guanidine groups is 1. The van der Waals surface area contributed by atoms with Gasteiger partial charge >= 0.3 is 0 Å². The molecule has 7 heteroatoms. The van der Waals surface area contributed by atoms with Gasteiger partial charge in [-0.1, -0.05) is 12.1 Å². The van der Waals surface area contributed by atoms with E-state index < -0.39 is 0 Å². The molecule has 0 atom stereocenters. The van der Waals surface area contributed by atoms with Crippen molar-refractivity contribution in [3.63, 3.8) is 0 Å². The van der Waals surface area contributed by atoms with Gasteiger partial charge in [0.25, 0.3) is 0 Å². The van der Waals surface area contributed by atoms with Gasteiger partial charge in [0.1, 0.15) is 5.75 Å². The molecule has 0 amide bonds. The van der Waals surface area contributed by atoms with Crippen LogP contribution < -0.4 is 10.6 Å². The zero-order valence-corrected chi connectivity index (χ0v) is 18.9. The molecule has 1 aromatic carbocycles. The van der Waals surface area contributed by atoms with Crippen molar-refractivity contribution in [3.05, 3.63) is 52.2 Å². The van der Waals surface area contributed by atoms with Crippen molar-refractivity contribution in [1.29, 1.82) is 0 Å². The van der Waals surface area contributed by atoms with Crippen LogP contribution in [0.5, 0.6) is 5.75 Å². The van der Waals surface area contributed by atoms with Crippen LogP contribution in [0.15, 0.2) is 46.1 Å². The molecule has 1 aliphatic rings. The summed E-state index contributed by atoms with van der Waals surface area (Å²) in [5.41, 5.74) is 2.43. The fourth-order valence-electron chi connectivity index (χ4n) is 3.21. The number of thiophene rings is 1. The molecule has 0 saturated carbocycles. The third-order valence-electron chi connectivity index (χ3n) is 4.59. The summed E-state index contributed by atoms with van der Waals surface area (Å²) >= 11 is 1.77. The van der Waals surface area contributed by atoms with E-state index >= 15 is 0 Å². The number of rotatable bonds is 6. The molecule has 148 valence electrons. The van der Waals surface area contributed by atoms with Gasteiger partial charge in [0.2, 0.25) is 0 Å². The van der Waals surface area contributed by atoms with Gasteiger partial charge in [-0.2, -0.15) is 11.3 Å². The number of hydrogen-bond acceptors (Lipinski definition) is 4. The van der Waals surface area contributed by atoms with Gasteiger partial charge in [0, 0.05) is 32.2 Å². The maximum absolute atomic E-state index is 9.58. The Balaban J connectivity index is 0.00000261. The van der Waals surface area contributed by atoms with E-state index in [0.717, 1.165) is 50.5 Å². The van der Waals surface area contributed by atoms with Crippen molar-refractivity contribution < 1.29 is 5.11 Å². The Morgan fingerprint density at radius 1 is 1.26 bits per heavy atom. The number of halogens is 1. The molecule has 2 heterocycles. The average Bonchev–Trinajstić information content (AvgIpc) is 3.15. The molecule has 1 aliphatic heterocycles. The molecular weight excluding hydrogens is 471 g/mol. The Kier molecular flexibility index (Phi) is 9.36. The minimum atomic E-state index is 0. The first-order chi connectivity index (χ1) is 12.7. The molecule has 1 aromatic heterocycles. The molecule has 0 radical (unpaired) electrons. The smallest absolute Gasteiger partial charge is 0.191 e. The van der Waals surface area contributed by atoms with Crippen LogP contribution in [0.1, 0.15) is 30.9 Å². The summed E-state index contributed by atoms with van der Waals surface area (Å²) in [5, 5.41) is 20.9. The second-order valence-electron chi connectivity index (χ2n) is 6.69. The normalized spacial score (nSPS) is 16.0. The summed E-state index contributed by atoms with van der Waals surface area (Å²) in [6.07, 6.45) is 2.25. The van der Waals surface area contributed by atoms with Gasteiger partial charge in [-0.05, 0) is 59.9 Å². The fourth-order valence-corrected chi connectivity index (χ4v) is 3.87. The van der Waals surface area contributed by atoms with E-state index in [1.807, 2.05) is 12.1 Å². The van der Waals surface area contributed by atoms with Crippen LogP contribution in [0.25, 0.3) is 0 Å². The summed E-state index contributed by atoms with van der Waals surface area (Å²) < 4.78 is 0. The molecule has 1 saturated heterocycles. The second-order valence-corrected chi connectivity index (χ2v) is 7.47. The molecule has 3 rings (SSSR count). The Labute approximate surface area is 182 Å². The third kappa shape index (κ3) is 7.31. The second kappa shape index (κ2) is 11.5. The van der Waals surface area contributed by atoms with Crippen LogP contribution in [0.3, 0.4) is 0 Å². The van der Waals surface area contributed by atoms with Crippen LogP contribution in [0.4, 0.5) is 0 Å². The van der Waals surface area contributed by atoms with Gasteiger partial charge in [0.05, 0.1) is 6.54 Å². The lowest BCUT2D eigenvalue weighted by atomic mass is 10.0. The van der Waals surface area contributed by atoms with Gasteiger partial charge in [-0.15, -0.1) is 24.0 Å². The Morgan fingerprint density at radius 2 is 2.07 bits per heavy atom. The SMILES string of the molecule is CCNC(=NCc1cccc(O)c1)NC1CCN(Cc2ccsc2)CC1.I. The molecule has 1 fully saturated rings. The van der Waals surface area contributed by atoms with E-state index in [-0.39, 0.29) is 29.7 Å². The van der Waals surface area contributed by atoms with E-state index in [0.29, 0.717) is 12.6 Å². The van der Waals surface area contributed by atoms with Gasteiger partial charge in [-0.25, -0.2) is 4.99 Å². The topological polar surface area (TPSA) is 59.9 Å². The predicted octanol–water partition coefficient (Wildman–Crippen LogP) is 3.79. The van der Waals surface area contributed by atoms with E-state index in [1.165, 1.54) is 5.56 Å². The van der Waals surface area contributed by atoms with E-state index in [1.54, 1.807) is 23.5 Å². The number of aromatic hydroxyl groups is 1. The van der Waals surface area contributed by atoms with Gasteiger partial charge in [0.15, 0.2) is 5.96 Å². The highest BCUT2D eigenvalue weighted by Gasteiger charge is 2.20. The van der Waals surface area contributed by atoms with Crippen molar-refractivity contribution in [2.45, 2.75) is 38.9 Å². The average molecular weight is 500 g/mol. The zero-order chi connectivity index (χ0) is 18.2. The molecule has 2 aromatic rings. The quantitative estimate of drug-likeness (QED) is 0.321. The number of nitrogens with one attached hydrogen (secondary N) is 2. The number of aliphatic imine (C=N–C) groups is 1. The van der Waals surface area contributed by atoms with Crippen LogP contribution in [-0.2, 0) is 13.1 Å². The number of phenols is 1. The monoisotopic (exact) mass is 500 g/mol. The predicted molar refractivity (Wildman–Crippen MR) is 124 cm³/mol. The Bertz CT molecular complexity index is 700. The highest BCUT2D eigenvalue weighted by molar-refractivity contribution is 14.0. The number of phenolic OH excluding ortho intramolecular Hbond substituents is 1. The maximum atomic E-state index is 9.58. The molecule has 0 bridgehead atoms. The molecule has 3 N–H and O–H groups in total.